The molecule has 140 valence electrons. The van der Waals surface area contributed by atoms with Gasteiger partial charge < -0.3 is 19.5 Å². The van der Waals surface area contributed by atoms with Crippen LogP contribution in [-0.2, 0) is 6.61 Å². The van der Waals surface area contributed by atoms with Gasteiger partial charge in [0.2, 0.25) is 5.88 Å². The van der Waals surface area contributed by atoms with Gasteiger partial charge in [0.1, 0.15) is 23.9 Å². The lowest BCUT2D eigenvalue weighted by atomic mass is 10.1. The molecule has 3 heterocycles. The highest BCUT2D eigenvalue weighted by molar-refractivity contribution is 5.63. The van der Waals surface area contributed by atoms with Gasteiger partial charge in [-0.2, -0.15) is 0 Å². The standard InChI is InChI=1S/C19H20FN5O2/c1-13-16(19(24-27-13)14-2-4-15(20)5-3-14)12-26-18-7-6-17(22-23-18)25-10-8-21-9-11-25/h2-7,21H,8-12H2,1H3. The first-order chi connectivity index (χ1) is 13.2. The number of aromatic nitrogens is 3. The molecule has 1 fully saturated rings. The molecule has 0 unspecified atom stereocenters. The van der Waals surface area contributed by atoms with E-state index in [9.17, 15) is 4.39 Å². The van der Waals surface area contributed by atoms with E-state index in [4.69, 9.17) is 9.26 Å². The fourth-order valence-electron chi connectivity index (χ4n) is 2.99. The number of ether oxygens (including phenoxy) is 1. The molecule has 0 spiro atoms. The van der Waals surface area contributed by atoms with Crippen LogP contribution in [0.2, 0.25) is 0 Å². The van der Waals surface area contributed by atoms with Crippen LogP contribution in [0.5, 0.6) is 5.88 Å². The normalized spacial score (nSPS) is 14.4. The number of aryl methyl sites for hydroxylation is 1. The van der Waals surface area contributed by atoms with Gasteiger partial charge in [-0.1, -0.05) is 5.16 Å². The average molecular weight is 369 g/mol. The predicted molar refractivity (Wildman–Crippen MR) is 98.1 cm³/mol. The molecular formula is C19H20FN5O2. The van der Waals surface area contributed by atoms with Crippen LogP contribution in [0.15, 0.2) is 40.9 Å². The number of nitrogens with zero attached hydrogens (tertiary/aromatic N) is 4. The van der Waals surface area contributed by atoms with E-state index in [1.165, 1.54) is 12.1 Å². The first-order valence-electron chi connectivity index (χ1n) is 8.84. The Bertz CT molecular complexity index is 889. The van der Waals surface area contributed by atoms with Gasteiger partial charge in [-0.05, 0) is 37.3 Å². The molecule has 0 amide bonds. The third-order valence-corrected chi connectivity index (χ3v) is 4.53. The zero-order chi connectivity index (χ0) is 18.6. The van der Waals surface area contributed by atoms with E-state index in [1.54, 1.807) is 12.1 Å². The van der Waals surface area contributed by atoms with Gasteiger partial charge in [-0.15, -0.1) is 10.2 Å². The van der Waals surface area contributed by atoms with Crippen molar-refractivity contribution in [2.45, 2.75) is 13.5 Å². The molecule has 1 aliphatic heterocycles. The molecule has 0 saturated carbocycles. The van der Waals surface area contributed by atoms with Crippen molar-refractivity contribution >= 4 is 5.82 Å². The summed E-state index contributed by atoms with van der Waals surface area (Å²) in [5.41, 5.74) is 2.21. The van der Waals surface area contributed by atoms with Crippen LogP contribution in [-0.4, -0.2) is 41.5 Å². The third-order valence-electron chi connectivity index (χ3n) is 4.53. The second-order valence-corrected chi connectivity index (χ2v) is 6.33. The highest BCUT2D eigenvalue weighted by Gasteiger charge is 2.16. The number of halogens is 1. The SMILES string of the molecule is Cc1onc(-c2ccc(F)cc2)c1COc1ccc(N2CCNCC2)nn1. The van der Waals surface area contributed by atoms with E-state index in [0.717, 1.165) is 43.1 Å². The summed E-state index contributed by atoms with van der Waals surface area (Å²) in [5, 5.41) is 15.8. The van der Waals surface area contributed by atoms with Crippen molar-refractivity contribution in [2.75, 3.05) is 31.1 Å². The molecule has 2 aromatic heterocycles. The Hall–Kier alpha value is -3.00. The molecule has 0 bridgehead atoms. The van der Waals surface area contributed by atoms with Crippen molar-refractivity contribution < 1.29 is 13.7 Å². The summed E-state index contributed by atoms with van der Waals surface area (Å²) in [7, 11) is 0. The van der Waals surface area contributed by atoms with Gasteiger partial charge in [0, 0.05) is 37.8 Å². The van der Waals surface area contributed by atoms with Crippen molar-refractivity contribution in [3.05, 3.63) is 53.5 Å². The van der Waals surface area contributed by atoms with Crippen molar-refractivity contribution in [1.82, 2.24) is 20.7 Å². The third kappa shape index (κ3) is 3.90. The van der Waals surface area contributed by atoms with Crippen LogP contribution in [0.25, 0.3) is 11.3 Å². The molecule has 27 heavy (non-hydrogen) atoms. The maximum atomic E-state index is 13.2. The highest BCUT2D eigenvalue weighted by Crippen LogP contribution is 2.26. The van der Waals surface area contributed by atoms with E-state index in [1.807, 2.05) is 19.1 Å². The second kappa shape index (κ2) is 7.71. The summed E-state index contributed by atoms with van der Waals surface area (Å²) in [6.07, 6.45) is 0. The summed E-state index contributed by atoms with van der Waals surface area (Å²) in [6, 6.07) is 9.84. The van der Waals surface area contributed by atoms with Gasteiger partial charge in [-0.25, -0.2) is 4.39 Å². The molecule has 8 heteroatoms. The molecule has 1 aliphatic rings. The van der Waals surface area contributed by atoms with Crippen molar-refractivity contribution in [2.24, 2.45) is 0 Å². The zero-order valence-electron chi connectivity index (χ0n) is 15.0. The summed E-state index contributed by atoms with van der Waals surface area (Å²) in [4.78, 5) is 2.18. The minimum atomic E-state index is -0.295. The lowest BCUT2D eigenvalue weighted by Gasteiger charge is -2.27. The van der Waals surface area contributed by atoms with Crippen LogP contribution in [0.1, 0.15) is 11.3 Å². The van der Waals surface area contributed by atoms with E-state index < -0.39 is 0 Å². The van der Waals surface area contributed by atoms with Crippen molar-refractivity contribution in [3.8, 4) is 17.1 Å². The number of hydrogen-bond donors (Lipinski definition) is 1. The summed E-state index contributed by atoms with van der Waals surface area (Å²) >= 11 is 0. The van der Waals surface area contributed by atoms with Crippen LogP contribution in [0.4, 0.5) is 10.2 Å². The summed E-state index contributed by atoms with van der Waals surface area (Å²) < 4.78 is 24.2. The maximum Gasteiger partial charge on any atom is 0.233 e. The zero-order valence-corrected chi connectivity index (χ0v) is 15.0. The predicted octanol–water partition coefficient (Wildman–Crippen LogP) is 2.57. The quantitative estimate of drug-likeness (QED) is 0.741. The smallest absolute Gasteiger partial charge is 0.233 e. The fourth-order valence-corrected chi connectivity index (χ4v) is 2.99. The molecule has 0 atom stereocenters. The number of benzene rings is 1. The number of piperazine rings is 1. The fraction of sp³-hybridized carbons (Fsp3) is 0.316. The van der Waals surface area contributed by atoms with Crippen LogP contribution < -0.4 is 15.0 Å². The van der Waals surface area contributed by atoms with E-state index >= 15 is 0 Å². The molecule has 1 N–H and O–H groups in total. The van der Waals surface area contributed by atoms with Gasteiger partial charge in [0.15, 0.2) is 5.82 Å². The number of anilines is 1. The average Bonchev–Trinajstić information content (AvgIpc) is 3.08. The van der Waals surface area contributed by atoms with Crippen molar-refractivity contribution in [1.29, 1.82) is 0 Å². The van der Waals surface area contributed by atoms with Gasteiger partial charge in [0.05, 0.1) is 5.56 Å². The number of rotatable bonds is 5. The monoisotopic (exact) mass is 369 g/mol. The lowest BCUT2D eigenvalue weighted by molar-refractivity contribution is 0.287. The van der Waals surface area contributed by atoms with Gasteiger partial charge in [-0.3, -0.25) is 0 Å². The highest BCUT2D eigenvalue weighted by atomic mass is 19.1. The molecular weight excluding hydrogens is 349 g/mol. The molecule has 7 nitrogen and oxygen atoms in total. The summed E-state index contributed by atoms with van der Waals surface area (Å²) in [5.74, 6) is 1.63. The van der Waals surface area contributed by atoms with Crippen molar-refractivity contribution in [3.63, 3.8) is 0 Å². The molecule has 0 radical (unpaired) electrons. The molecule has 0 aliphatic carbocycles. The molecule has 3 aromatic rings. The van der Waals surface area contributed by atoms with Gasteiger partial charge in [0.25, 0.3) is 0 Å². The first kappa shape index (κ1) is 17.4. The van der Waals surface area contributed by atoms with Gasteiger partial charge >= 0.3 is 0 Å². The molecule has 1 aromatic carbocycles. The van der Waals surface area contributed by atoms with Crippen LogP contribution >= 0.6 is 0 Å². The minimum Gasteiger partial charge on any atom is -0.472 e. The maximum absolute atomic E-state index is 13.2. The Kier molecular flexibility index (Phi) is 4.97. The Labute approximate surface area is 156 Å². The number of nitrogens with one attached hydrogen (secondary N) is 1. The molecule has 1 saturated heterocycles. The first-order valence-corrected chi connectivity index (χ1v) is 8.84. The van der Waals surface area contributed by atoms with Crippen LogP contribution in [0.3, 0.4) is 0 Å². The second-order valence-electron chi connectivity index (χ2n) is 6.33. The van der Waals surface area contributed by atoms with E-state index in [0.29, 0.717) is 17.3 Å². The Morgan fingerprint density at radius 3 is 2.59 bits per heavy atom. The topological polar surface area (TPSA) is 76.3 Å². The lowest BCUT2D eigenvalue weighted by Crippen LogP contribution is -2.43. The Morgan fingerprint density at radius 2 is 1.89 bits per heavy atom. The Balaban J connectivity index is 1.46. The van der Waals surface area contributed by atoms with Crippen LogP contribution in [0, 0.1) is 12.7 Å². The number of hydrogen-bond acceptors (Lipinski definition) is 7. The largest absolute Gasteiger partial charge is 0.472 e. The van der Waals surface area contributed by atoms with E-state index in [-0.39, 0.29) is 12.4 Å². The summed E-state index contributed by atoms with van der Waals surface area (Å²) in [6.45, 7) is 5.77. The molecule has 4 rings (SSSR count). The Morgan fingerprint density at radius 1 is 1.11 bits per heavy atom. The minimum absolute atomic E-state index is 0.240. The van der Waals surface area contributed by atoms with E-state index in [2.05, 4.69) is 25.6 Å².